The van der Waals surface area contributed by atoms with E-state index in [0.29, 0.717) is 0 Å². The zero-order chi connectivity index (χ0) is 14.8. The summed E-state index contributed by atoms with van der Waals surface area (Å²) < 4.78 is 0. The number of H-pyrrole nitrogens is 1. The summed E-state index contributed by atoms with van der Waals surface area (Å²) in [7, 11) is 1.78. The first-order valence-corrected chi connectivity index (χ1v) is 7.20. The van der Waals surface area contributed by atoms with E-state index in [1.54, 1.807) is 11.9 Å². The SMILES string of the molecule is CN(C(=O)c1c[nH]ccc1=O)C1CCCc2ccccc21. The van der Waals surface area contributed by atoms with E-state index in [9.17, 15) is 9.59 Å². The number of aryl methyl sites for hydroxylation is 1. The number of pyridine rings is 1. The topological polar surface area (TPSA) is 53.2 Å². The van der Waals surface area contributed by atoms with Gasteiger partial charge in [0.2, 0.25) is 0 Å². The number of amides is 1. The van der Waals surface area contributed by atoms with Crippen LogP contribution in [0.5, 0.6) is 0 Å². The van der Waals surface area contributed by atoms with Crippen LogP contribution in [0.2, 0.25) is 0 Å². The highest BCUT2D eigenvalue weighted by Gasteiger charge is 2.27. The number of hydrogen-bond acceptors (Lipinski definition) is 2. The molecule has 0 spiro atoms. The maximum atomic E-state index is 12.6. The Bertz CT molecular complexity index is 720. The van der Waals surface area contributed by atoms with Crippen molar-refractivity contribution in [3.05, 3.63) is 69.6 Å². The Kier molecular flexibility index (Phi) is 3.60. The second-order valence-corrected chi connectivity index (χ2v) is 5.45. The molecule has 4 heteroatoms. The Balaban J connectivity index is 1.93. The van der Waals surface area contributed by atoms with E-state index >= 15 is 0 Å². The van der Waals surface area contributed by atoms with Gasteiger partial charge < -0.3 is 9.88 Å². The van der Waals surface area contributed by atoms with Gasteiger partial charge in [0.1, 0.15) is 5.56 Å². The van der Waals surface area contributed by atoms with E-state index in [4.69, 9.17) is 0 Å². The molecule has 0 bridgehead atoms. The molecule has 1 aromatic heterocycles. The number of nitrogens with zero attached hydrogens (tertiary/aromatic N) is 1. The quantitative estimate of drug-likeness (QED) is 0.920. The van der Waals surface area contributed by atoms with Gasteiger partial charge in [0.15, 0.2) is 5.43 Å². The van der Waals surface area contributed by atoms with Gasteiger partial charge in [0.05, 0.1) is 6.04 Å². The molecular formula is C17H18N2O2. The average Bonchev–Trinajstić information content (AvgIpc) is 2.53. The van der Waals surface area contributed by atoms with Crippen LogP contribution in [-0.2, 0) is 6.42 Å². The molecule has 1 aliphatic rings. The van der Waals surface area contributed by atoms with Crippen LogP contribution in [0.1, 0.15) is 40.4 Å². The highest BCUT2D eigenvalue weighted by molar-refractivity contribution is 5.93. The Morgan fingerprint density at radius 2 is 2.10 bits per heavy atom. The summed E-state index contributed by atoms with van der Waals surface area (Å²) >= 11 is 0. The normalized spacial score (nSPS) is 17.1. The molecule has 0 aliphatic heterocycles. The molecule has 108 valence electrons. The minimum absolute atomic E-state index is 0.0436. The molecule has 1 N–H and O–H groups in total. The summed E-state index contributed by atoms with van der Waals surface area (Å²) in [6, 6.07) is 9.67. The van der Waals surface area contributed by atoms with E-state index in [2.05, 4.69) is 17.1 Å². The molecule has 21 heavy (non-hydrogen) atoms. The van der Waals surface area contributed by atoms with E-state index in [-0.39, 0.29) is 22.9 Å². The lowest BCUT2D eigenvalue weighted by molar-refractivity contribution is 0.0713. The minimum atomic E-state index is -0.241. The molecular weight excluding hydrogens is 264 g/mol. The van der Waals surface area contributed by atoms with E-state index in [0.717, 1.165) is 19.3 Å². The fourth-order valence-electron chi connectivity index (χ4n) is 3.05. The summed E-state index contributed by atoms with van der Waals surface area (Å²) in [6.07, 6.45) is 6.07. The lowest BCUT2D eigenvalue weighted by Gasteiger charge is -2.33. The minimum Gasteiger partial charge on any atom is -0.367 e. The first-order valence-electron chi connectivity index (χ1n) is 7.20. The third-order valence-electron chi connectivity index (χ3n) is 4.18. The third-order valence-corrected chi connectivity index (χ3v) is 4.18. The fraction of sp³-hybridized carbons (Fsp3) is 0.294. The number of benzene rings is 1. The number of fused-ring (bicyclic) bond motifs is 1. The highest BCUT2D eigenvalue weighted by atomic mass is 16.2. The van der Waals surface area contributed by atoms with Crippen LogP contribution in [-0.4, -0.2) is 22.8 Å². The number of hydrogen-bond donors (Lipinski definition) is 1. The maximum Gasteiger partial charge on any atom is 0.259 e. The molecule has 0 saturated heterocycles. The number of carbonyl (C=O) groups excluding carboxylic acids is 1. The molecule has 1 aromatic carbocycles. The van der Waals surface area contributed by atoms with Crippen molar-refractivity contribution in [2.45, 2.75) is 25.3 Å². The number of carbonyl (C=O) groups is 1. The van der Waals surface area contributed by atoms with Crippen LogP contribution in [0.4, 0.5) is 0 Å². The Morgan fingerprint density at radius 3 is 2.90 bits per heavy atom. The van der Waals surface area contributed by atoms with Crippen molar-refractivity contribution < 1.29 is 4.79 Å². The van der Waals surface area contributed by atoms with Crippen LogP contribution >= 0.6 is 0 Å². The molecule has 1 aliphatic carbocycles. The molecule has 3 rings (SSSR count). The van der Waals surface area contributed by atoms with Crippen molar-refractivity contribution in [1.29, 1.82) is 0 Å². The second kappa shape index (κ2) is 5.56. The Morgan fingerprint density at radius 1 is 1.29 bits per heavy atom. The molecule has 0 fully saturated rings. The molecule has 1 atom stereocenters. The molecule has 2 aromatic rings. The van der Waals surface area contributed by atoms with Gasteiger partial charge in [0, 0.05) is 25.5 Å². The van der Waals surface area contributed by atoms with E-state index < -0.39 is 0 Å². The number of nitrogens with one attached hydrogen (secondary N) is 1. The average molecular weight is 282 g/mol. The van der Waals surface area contributed by atoms with E-state index in [1.807, 2.05) is 12.1 Å². The van der Waals surface area contributed by atoms with Gasteiger partial charge in [-0.1, -0.05) is 24.3 Å². The van der Waals surface area contributed by atoms with Crippen molar-refractivity contribution in [1.82, 2.24) is 9.88 Å². The number of aromatic amines is 1. The summed E-state index contributed by atoms with van der Waals surface area (Å²) in [5.41, 5.74) is 2.46. The molecule has 1 unspecified atom stereocenters. The van der Waals surface area contributed by atoms with Gasteiger partial charge in [-0.3, -0.25) is 9.59 Å². The molecule has 0 radical (unpaired) electrons. The molecule has 4 nitrogen and oxygen atoms in total. The summed E-state index contributed by atoms with van der Waals surface area (Å²) in [4.78, 5) is 28.9. The fourth-order valence-corrected chi connectivity index (χ4v) is 3.05. The standard InChI is InChI=1S/C17H18N2O2/c1-19(17(21)14-11-18-10-9-16(14)20)15-8-4-6-12-5-2-3-7-13(12)15/h2-3,5,7,9-11,15H,4,6,8H2,1H3,(H,18,20). The zero-order valence-corrected chi connectivity index (χ0v) is 12.0. The molecule has 0 saturated carbocycles. The van der Waals surface area contributed by atoms with Crippen molar-refractivity contribution >= 4 is 5.91 Å². The molecule has 1 amide bonds. The predicted octanol–water partition coefficient (Wildman–Crippen LogP) is 2.52. The predicted molar refractivity (Wildman–Crippen MR) is 81.3 cm³/mol. The van der Waals surface area contributed by atoms with E-state index in [1.165, 1.54) is 29.6 Å². The van der Waals surface area contributed by atoms with Gasteiger partial charge >= 0.3 is 0 Å². The smallest absolute Gasteiger partial charge is 0.259 e. The second-order valence-electron chi connectivity index (χ2n) is 5.45. The summed E-state index contributed by atoms with van der Waals surface area (Å²) in [5, 5.41) is 0. The monoisotopic (exact) mass is 282 g/mol. The van der Waals surface area contributed by atoms with Gasteiger partial charge in [0.25, 0.3) is 5.91 Å². The van der Waals surface area contributed by atoms with Crippen molar-refractivity contribution in [3.63, 3.8) is 0 Å². The van der Waals surface area contributed by atoms with Crippen LogP contribution in [0.15, 0.2) is 47.5 Å². The summed E-state index contributed by atoms with van der Waals surface area (Å²) in [6.45, 7) is 0. The van der Waals surface area contributed by atoms with Crippen LogP contribution in [0.25, 0.3) is 0 Å². The maximum absolute atomic E-state index is 12.6. The lowest BCUT2D eigenvalue weighted by atomic mass is 9.87. The third kappa shape index (κ3) is 2.49. The Hall–Kier alpha value is -2.36. The number of aromatic nitrogens is 1. The molecule has 1 heterocycles. The first kappa shape index (κ1) is 13.6. The van der Waals surface area contributed by atoms with Crippen molar-refractivity contribution in [3.8, 4) is 0 Å². The van der Waals surface area contributed by atoms with Crippen LogP contribution < -0.4 is 5.43 Å². The first-order chi connectivity index (χ1) is 10.2. The lowest BCUT2D eigenvalue weighted by Crippen LogP contribution is -2.35. The largest absolute Gasteiger partial charge is 0.367 e. The van der Waals surface area contributed by atoms with Crippen LogP contribution in [0, 0.1) is 0 Å². The van der Waals surface area contributed by atoms with Crippen molar-refractivity contribution in [2.24, 2.45) is 0 Å². The van der Waals surface area contributed by atoms with Gasteiger partial charge in [-0.15, -0.1) is 0 Å². The van der Waals surface area contributed by atoms with Crippen LogP contribution in [0.3, 0.4) is 0 Å². The number of rotatable bonds is 2. The van der Waals surface area contributed by atoms with Crippen molar-refractivity contribution in [2.75, 3.05) is 7.05 Å². The Labute approximate surface area is 123 Å². The van der Waals surface area contributed by atoms with Gasteiger partial charge in [-0.05, 0) is 30.4 Å². The van der Waals surface area contributed by atoms with Gasteiger partial charge in [-0.2, -0.15) is 0 Å². The zero-order valence-electron chi connectivity index (χ0n) is 12.0. The summed E-state index contributed by atoms with van der Waals surface area (Å²) in [5.74, 6) is -0.224. The van der Waals surface area contributed by atoms with Gasteiger partial charge in [-0.25, -0.2) is 0 Å². The highest BCUT2D eigenvalue weighted by Crippen LogP contribution is 2.33.